The second kappa shape index (κ2) is 5.52. The van der Waals surface area contributed by atoms with E-state index in [4.69, 9.17) is 17.3 Å². The number of rotatable bonds is 3. The summed E-state index contributed by atoms with van der Waals surface area (Å²) < 4.78 is 0. The van der Waals surface area contributed by atoms with Gasteiger partial charge in [0, 0.05) is 10.6 Å². The van der Waals surface area contributed by atoms with Gasteiger partial charge in [-0.3, -0.25) is 4.79 Å². The Morgan fingerprint density at radius 2 is 2.35 bits per heavy atom. The Bertz CT molecular complexity index is 408. The highest BCUT2D eigenvalue weighted by molar-refractivity contribution is 6.30. The number of amides is 1. The van der Waals surface area contributed by atoms with Crippen LogP contribution in [0.15, 0.2) is 24.3 Å². The van der Waals surface area contributed by atoms with Crippen molar-refractivity contribution >= 4 is 17.5 Å². The maximum absolute atomic E-state index is 11.2. The highest BCUT2D eigenvalue weighted by Gasteiger charge is 2.26. The van der Waals surface area contributed by atoms with Gasteiger partial charge < -0.3 is 10.6 Å². The van der Waals surface area contributed by atoms with Crippen LogP contribution in [0.1, 0.15) is 18.4 Å². The van der Waals surface area contributed by atoms with Gasteiger partial charge in [0.25, 0.3) is 0 Å². The molecule has 4 heteroatoms. The minimum absolute atomic E-state index is 0.0398. The van der Waals surface area contributed by atoms with E-state index in [-0.39, 0.29) is 11.8 Å². The molecule has 1 unspecified atom stereocenters. The van der Waals surface area contributed by atoms with Gasteiger partial charge >= 0.3 is 0 Å². The third-order valence-corrected chi connectivity index (χ3v) is 3.60. The molecule has 0 saturated carbocycles. The number of primary amides is 1. The Morgan fingerprint density at radius 1 is 1.53 bits per heavy atom. The van der Waals surface area contributed by atoms with Crippen molar-refractivity contribution in [1.82, 2.24) is 0 Å². The van der Waals surface area contributed by atoms with Gasteiger partial charge in [0.1, 0.15) is 6.54 Å². The van der Waals surface area contributed by atoms with E-state index in [9.17, 15) is 4.79 Å². The summed E-state index contributed by atoms with van der Waals surface area (Å²) in [5.74, 6) is -0.119. The molecule has 2 rings (SSSR count). The number of hydrogen-bond acceptors (Lipinski definition) is 1. The van der Waals surface area contributed by atoms with E-state index < -0.39 is 0 Å². The monoisotopic (exact) mass is 253 g/mol. The minimum atomic E-state index is -0.159. The lowest BCUT2D eigenvalue weighted by molar-refractivity contribution is -0.921. The molecular formula is C13H18ClN2O+. The van der Waals surface area contributed by atoms with E-state index in [1.165, 1.54) is 10.5 Å². The van der Waals surface area contributed by atoms with Crippen LogP contribution in [-0.4, -0.2) is 19.0 Å². The van der Waals surface area contributed by atoms with Crippen molar-refractivity contribution in [3.05, 3.63) is 34.9 Å². The Hall–Kier alpha value is -1.06. The van der Waals surface area contributed by atoms with Crippen LogP contribution in [0.4, 0.5) is 0 Å². The fraction of sp³-hybridized carbons (Fsp3) is 0.462. The van der Waals surface area contributed by atoms with Crippen molar-refractivity contribution in [2.45, 2.75) is 19.4 Å². The van der Waals surface area contributed by atoms with Crippen molar-refractivity contribution in [2.24, 2.45) is 11.7 Å². The second-order valence-electron chi connectivity index (χ2n) is 4.75. The first kappa shape index (κ1) is 12.4. The highest BCUT2D eigenvalue weighted by atomic mass is 35.5. The molecule has 1 fully saturated rings. The molecule has 1 aromatic rings. The van der Waals surface area contributed by atoms with Gasteiger partial charge in [-0.1, -0.05) is 23.7 Å². The molecule has 0 bridgehead atoms. The number of likely N-dealkylation sites (tertiary alicyclic amines) is 1. The summed E-state index contributed by atoms with van der Waals surface area (Å²) >= 11 is 5.96. The first-order valence-corrected chi connectivity index (χ1v) is 6.40. The van der Waals surface area contributed by atoms with Gasteiger partial charge in [-0.25, -0.2) is 0 Å². The quantitative estimate of drug-likeness (QED) is 0.815. The van der Waals surface area contributed by atoms with Crippen molar-refractivity contribution in [1.29, 1.82) is 0 Å². The molecule has 0 spiro atoms. The molecule has 3 N–H and O–H groups in total. The highest BCUT2D eigenvalue weighted by Crippen LogP contribution is 2.11. The zero-order valence-corrected chi connectivity index (χ0v) is 10.5. The van der Waals surface area contributed by atoms with E-state index in [1.807, 2.05) is 18.2 Å². The number of quaternary nitrogens is 1. The van der Waals surface area contributed by atoms with Gasteiger partial charge in [-0.15, -0.1) is 0 Å². The largest absolute Gasteiger partial charge is 0.369 e. The van der Waals surface area contributed by atoms with E-state index in [0.29, 0.717) is 0 Å². The molecule has 1 aliphatic heterocycles. The second-order valence-corrected chi connectivity index (χ2v) is 5.19. The molecule has 1 saturated heterocycles. The van der Waals surface area contributed by atoms with Crippen LogP contribution in [0.2, 0.25) is 5.02 Å². The van der Waals surface area contributed by atoms with Crippen LogP contribution in [-0.2, 0) is 11.3 Å². The first-order valence-electron chi connectivity index (χ1n) is 6.02. The Kier molecular flexibility index (Phi) is 4.02. The Labute approximate surface area is 107 Å². The summed E-state index contributed by atoms with van der Waals surface area (Å²) in [7, 11) is 0. The summed E-state index contributed by atoms with van der Waals surface area (Å²) in [6.45, 7) is 2.88. The SMILES string of the molecule is NC(=O)[C@@H]1CCC[NH+](Cc2cccc(Cl)c2)C1. The number of hydrogen-bond donors (Lipinski definition) is 2. The molecule has 0 aromatic heterocycles. The average Bonchev–Trinajstić information content (AvgIpc) is 2.29. The zero-order chi connectivity index (χ0) is 12.3. The normalized spacial score (nSPS) is 24.5. The predicted octanol–water partition coefficient (Wildman–Crippen LogP) is 0.620. The molecule has 1 heterocycles. The third-order valence-electron chi connectivity index (χ3n) is 3.36. The van der Waals surface area contributed by atoms with Gasteiger partial charge in [-0.05, 0) is 25.0 Å². The lowest BCUT2D eigenvalue weighted by atomic mass is 9.97. The van der Waals surface area contributed by atoms with Crippen LogP contribution in [0.25, 0.3) is 0 Å². The predicted molar refractivity (Wildman–Crippen MR) is 67.8 cm³/mol. The third kappa shape index (κ3) is 3.45. The van der Waals surface area contributed by atoms with Crippen LogP contribution >= 0.6 is 11.6 Å². The summed E-state index contributed by atoms with van der Waals surface area (Å²) in [5.41, 5.74) is 6.59. The van der Waals surface area contributed by atoms with E-state index in [0.717, 1.165) is 37.5 Å². The fourth-order valence-corrected chi connectivity index (χ4v) is 2.70. The molecule has 17 heavy (non-hydrogen) atoms. The zero-order valence-electron chi connectivity index (χ0n) is 9.79. The van der Waals surface area contributed by atoms with Crippen molar-refractivity contribution in [3.8, 4) is 0 Å². The molecule has 92 valence electrons. The number of carbonyl (C=O) groups excluding carboxylic acids is 1. The number of benzene rings is 1. The molecule has 2 atom stereocenters. The van der Waals surface area contributed by atoms with E-state index >= 15 is 0 Å². The van der Waals surface area contributed by atoms with Gasteiger partial charge in [0.2, 0.25) is 5.91 Å². The molecule has 1 amide bonds. The van der Waals surface area contributed by atoms with Crippen LogP contribution < -0.4 is 10.6 Å². The minimum Gasteiger partial charge on any atom is -0.369 e. The molecule has 1 aliphatic rings. The van der Waals surface area contributed by atoms with E-state index in [2.05, 4.69) is 6.07 Å². The van der Waals surface area contributed by atoms with E-state index in [1.54, 1.807) is 0 Å². The lowest BCUT2D eigenvalue weighted by Gasteiger charge is -2.28. The summed E-state index contributed by atoms with van der Waals surface area (Å²) in [5, 5.41) is 0.769. The lowest BCUT2D eigenvalue weighted by Crippen LogP contribution is -3.12. The summed E-state index contributed by atoms with van der Waals surface area (Å²) in [6.07, 6.45) is 2.01. The fourth-order valence-electron chi connectivity index (χ4n) is 2.49. The van der Waals surface area contributed by atoms with Crippen LogP contribution in [0.5, 0.6) is 0 Å². The number of carbonyl (C=O) groups is 1. The first-order chi connectivity index (χ1) is 8.15. The van der Waals surface area contributed by atoms with Gasteiger partial charge in [0.15, 0.2) is 0 Å². The molecule has 3 nitrogen and oxygen atoms in total. The van der Waals surface area contributed by atoms with Crippen LogP contribution in [0.3, 0.4) is 0 Å². The van der Waals surface area contributed by atoms with Crippen molar-refractivity contribution < 1.29 is 9.69 Å². The maximum Gasteiger partial charge on any atom is 0.226 e. The molecule has 0 aliphatic carbocycles. The van der Waals surface area contributed by atoms with Gasteiger partial charge in [-0.2, -0.15) is 0 Å². The molecular weight excluding hydrogens is 236 g/mol. The number of nitrogens with one attached hydrogen (secondary N) is 1. The maximum atomic E-state index is 11.2. The summed E-state index contributed by atoms with van der Waals surface area (Å²) in [6, 6.07) is 7.91. The molecule has 0 radical (unpaired) electrons. The smallest absolute Gasteiger partial charge is 0.226 e. The van der Waals surface area contributed by atoms with Gasteiger partial charge in [0.05, 0.1) is 19.0 Å². The average molecular weight is 254 g/mol. The topological polar surface area (TPSA) is 47.5 Å². The van der Waals surface area contributed by atoms with Crippen molar-refractivity contribution in [3.63, 3.8) is 0 Å². The number of nitrogens with two attached hydrogens (primary N) is 1. The Balaban J connectivity index is 1.97. The Morgan fingerprint density at radius 3 is 3.06 bits per heavy atom. The van der Waals surface area contributed by atoms with Crippen molar-refractivity contribution in [2.75, 3.05) is 13.1 Å². The summed E-state index contributed by atoms with van der Waals surface area (Å²) in [4.78, 5) is 12.6. The standard InChI is InChI=1S/C13H17ClN2O/c14-12-5-1-3-10(7-12)8-16-6-2-4-11(9-16)13(15)17/h1,3,5,7,11H,2,4,6,8-9H2,(H2,15,17)/p+1/t11-/m1/s1. The molecule has 1 aromatic carbocycles. The van der Waals surface area contributed by atoms with Crippen LogP contribution in [0, 0.1) is 5.92 Å². The number of halogens is 1. The number of piperidine rings is 1.